The minimum Gasteiger partial charge on any atom is -0.384 e. The van der Waals surface area contributed by atoms with E-state index in [1.807, 2.05) is 56.3 Å². The van der Waals surface area contributed by atoms with Crippen molar-refractivity contribution in [2.75, 3.05) is 15.1 Å². The van der Waals surface area contributed by atoms with Crippen LogP contribution in [-0.4, -0.2) is 11.4 Å². The van der Waals surface area contributed by atoms with Crippen molar-refractivity contribution in [2.45, 2.75) is 44.1 Å². The highest BCUT2D eigenvalue weighted by atomic mass is 16.2. The molecule has 7 nitrogen and oxygen atoms in total. The molecule has 4 heterocycles. The summed E-state index contributed by atoms with van der Waals surface area (Å²) in [6.07, 6.45) is 0.778. The Bertz CT molecular complexity index is 1440. The van der Waals surface area contributed by atoms with Gasteiger partial charge in [0.2, 0.25) is 5.91 Å². The van der Waals surface area contributed by atoms with Crippen LogP contribution in [0.4, 0.5) is 17.1 Å². The van der Waals surface area contributed by atoms with Gasteiger partial charge in [-0.05, 0) is 43.9 Å². The number of hydrogen-bond acceptors (Lipinski definition) is 6. The van der Waals surface area contributed by atoms with Crippen molar-refractivity contribution < 1.29 is 4.79 Å². The Labute approximate surface area is 192 Å². The van der Waals surface area contributed by atoms with Gasteiger partial charge >= 0.3 is 0 Å². The number of nitriles is 2. The summed E-state index contributed by atoms with van der Waals surface area (Å²) in [5.74, 6) is 0.545. The molecule has 1 amide bonds. The van der Waals surface area contributed by atoms with Gasteiger partial charge < -0.3 is 16.0 Å². The molecule has 162 valence electrons. The van der Waals surface area contributed by atoms with E-state index in [9.17, 15) is 15.3 Å². The van der Waals surface area contributed by atoms with Crippen molar-refractivity contribution in [3.8, 4) is 12.1 Å². The van der Waals surface area contributed by atoms with Crippen molar-refractivity contribution in [1.82, 2.24) is 0 Å². The van der Waals surface area contributed by atoms with Crippen LogP contribution in [0.25, 0.3) is 0 Å². The molecule has 0 saturated heterocycles. The summed E-state index contributed by atoms with van der Waals surface area (Å²) in [7, 11) is 0. The number of para-hydroxylation sites is 3. The summed E-state index contributed by atoms with van der Waals surface area (Å²) < 4.78 is 0. The minimum atomic E-state index is -1.58. The topological polar surface area (TPSA) is 109 Å². The molecule has 0 aromatic heterocycles. The zero-order valence-electron chi connectivity index (χ0n) is 18.6. The molecule has 0 fully saturated rings. The lowest BCUT2D eigenvalue weighted by Gasteiger charge is -2.44. The van der Waals surface area contributed by atoms with Crippen LogP contribution in [0.15, 0.2) is 65.3 Å². The zero-order valence-corrected chi connectivity index (χ0v) is 18.6. The van der Waals surface area contributed by atoms with Crippen molar-refractivity contribution in [3.63, 3.8) is 0 Å². The van der Waals surface area contributed by atoms with Crippen molar-refractivity contribution in [1.29, 1.82) is 10.5 Å². The van der Waals surface area contributed by atoms with Crippen LogP contribution in [0.2, 0.25) is 0 Å². The van der Waals surface area contributed by atoms with E-state index in [1.165, 1.54) is 0 Å². The van der Waals surface area contributed by atoms with Gasteiger partial charge in [-0.3, -0.25) is 9.69 Å². The second-order valence-corrected chi connectivity index (χ2v) is 9.74. The molecule has 0 radical (unpaired) electrons. The van der Waals surface area contributed by atoms with Crippen LogP contribution >= 0.6 is 0 Å². The normalized spacial score (nSPS) is 26.0. The molecule has 2 aromatic rings. The molecule has 0 bridgehead atoms. The van der Waals surface area contributed by atoms with E-state index in [0.29, 0.717) is 11.4 Å². The average Bonchev–Trinajstić information content (AvgIpc) is 3.28. The number of rotatable bonds is 0. The van der Waals surface area contributed by atoms with Gasteiger partial charge in [-0.25, -0.2) is 0 Å². The van der Waals surface area contributed by atoms with E-state index in [-0.39, 0.29) is 28.8 Å². The molecule has 4 aliphatic heterocycles. The third-order valence-electron chi connectivity index (χ3n) is 7.49. The number of carbonyl (C=O) groups is 1. The van der Waals surface area contributed by atoms with Crippen LogP contribution in [0.1, 0.15) is 44.2 Å². The first-order chi connectivity index (χ1) is 15.8. The molecule has 0 saturated carbocycles. The van der Waals surface area contributed by atoms with Crippen molar-refractivity contribution >= 4 is 23.0 Å². The number of amides is 1. The lowest BCUT2D eigenvalue weighted by atomic mass is 9.68. The molecule has 2 atom stereocenters. The third-order valence-corrected chi connectivity index (χ3v) is 7.49. The van der Waals surface area contributed by atoms with Gasteiger partial charge in [0.1, 0.15) is 23.8 Å². The number of nitrogens with zero attached hydrogens (tertiary/aromatic N) is 4. The second kappa shape index (κ2) is 5.96. The summed E-state index contributed by atoms with van der Waals surface area (Å²) in [5.41, 5.74) is 8.91. The van der Waals surface area contributed by atoms with Crippen LogP contribution in [0, 0.1) is 22.7 Å². The molecule has 7 heteroatoms. The zero-order chi connectivity index (χ0) is 23.3. The molecule has 2 unspecified atom stereocenters. The van der Waals surface area contributed by atoms with E-state index >= 15 is 0 Å². The number of nitrogens with two attached hydrogens (primary N) is 1. The maximum absolute atomic E-state index is 14.5. The van der Waals surface area contributed by atoms with Crippen molar-refractivity contribution in [3.05, 3.63) is 76.4 Å². The quantitative estimate of drug-likeness (QED) is 0.650. The second-order valence-electron chi connectivity index (χ2n) is 9.74. The number of benzene rings is 2. The highest BCUT2D eigenvalue weighted by molar-refractivity contribution is 6.17. The fourth-order valence-electron chi connectivity index (χ4n) is 6.29. The largest absolute Gasteiger partial charge is 0.384 e. The minimum absolute atomic E-state index is 0.0950. The fraction of sp³-hybridized carbons (Fsp3) is 0.269. The Morgan fingerprint density at radius 2 is 1.82 bits per heavy atom. The number of fused-ring (bicyclic) bond motifs is 4. The Hall–Kier alpha value is -4.23. The van der Waals surface area contributed by atoms with Gasteiger partial charge in [-0.2, -0.15) is 10.5 Å². The van der Waals surface area contributed by atoms with Gasteiger partial charge in [0.05, 0.1) is 28.2 Å². The number of hydrogen-bond donors (Lipinski definition) is 2. The van der Waals surface area contributed by atoms with Crippen molar-refractivity contribution in [2.24, 2.45) is 5.73 Å². The number of anilines is 3. The summed E-state index contributed by atoms with van der Waals surface area (Å²) in [6.45, 7) is 6.23. The van der Waals surface area contributed by atoms with E-state index in [4.69, 9.17) is 5.73 Å². The van der Waals surface area contributed by atoms with Crippen LogP contribution in [0.5, 0.6) is 0 Å². The SMILES string of the molecule is CC1CC(C)(C)N2C(=O)C3(C(C#N)=C(N)N4C(=C3C#N)Nc3ccccc34)c3cccc1c32. The number of carbonyl (C=O) groups excluding carboxylic acids is 1. The molecule has 6 rings (SSSR count). The summed E-state index contributed by atoms with van der Waals surface area (Å²) in [5, 5.41) is 24.2. The smallest absolute Gasteiger partial charge is 0.249 e. The first-order valence-electron chi connectivity index (χ1n) is 11.0. The molecule has 1 spiro atoms. The first-order valence-corrected chi connectivity index (χ1v) is 11.0. The average molecular weight is 435 g/mol. The fourth-order valence-corrected chi connectivity index (χ4v) is 6.29. The third kappa shape index (κ3) is 2.01. The lowest BCUT2D eigenvalue weighted by molar-refractivity contribution is -0.122. The molecule has 4 aliphatic rings. The molecular weight excluding hydrogens is 412 g/mol. The van der Waals surface area contributed by atoms with Gasteiger partial charge in [-0.1, -0.05) is 37.3 Å². The van der Waals surface area contributed by atoms with E-state index in [1.54, 1.807) is 9.80 Å². The molecule has 3 N–H and O–H groups in total. The molecule has 2 aromatic carbocycles. The summed E-state index contributed by atoms with van der Waals surface area (Å²) in [6, 6.07) is 17.9. The first kappa shape index (κ1) is 19.5. The predicted molar refractivity (Wildman–Crippen MR) is 125 cm³/mol. The Kier molecular flexibility index (Phi) is 3.52. The lowest BCUT2D eigenvalue weighted by Crippen LogP contribution is -2.55. The maximum atomic E-state index is 14.5. The van der Waals surface area contributed by atoms with Gasteiger partial charge in [0, 0.05) is 11.1 Å². The Balaban J connectivity index is 1.75. The molecule has 33 heavy (non-hydrogen) atoms. The number of nitrogens with one attached hydrogen (secondary N) is 1. The van der Waals surface area contributed by atoms with E-state index < -0.39 is 11.0 Å². The molecule has 0 aliphatic carbocycles. The van der Waals surface area contributed by atoms with Crippen LogP contribution < -0.4 is 20.9 Å². The van der Waals surface area contributed by atoms with Gasteiger partial charge in [-0.15, -0.1) is 0 Å². The van der Waals surface area contributed by atoms with E-state index in [0.717, 1.165) is 29.0 Å². The summed E-state index contributed by atoms with van der Waals surface area (Å²) in [4.78, 5) is 18.0. The monoisotopic (exact) mass is 434 g/mol. The van der Waals surface area contributed by atoms with E-state index in [2.05, 4.69) is 24.4 Å². The Morgan fingerprint density at radius 1 is 1.09 bits per heavy atom. The highest BCUT2D eigenvalue weighted by Gasteiger charge is 2.65. The van der Waals surface area contributed by atoms with Crippen LogP contribution in [0.3, 0.4) is 0 Å². The predicted octanol–water partition coefficient (Wildman–Crippen LogP) is 3.93. The van der Waals surface area contributed by atoms with Crippen LogP contribution in [-0.2, 0) is 10.2 Å². The highest BCUT2D eigenvalue weighted by Crippen LogP contribution is 2.61. The standard InChI is InChI=1S/C26H22N6O/c1-14-11-25(2,3)32-21-15(14)7-6-8-16(21)26(24(32)33)17(12-27)22(29)31-20-10-5-4-9-19(20)30-23(31)18(26)13-28/h4-10,14,30H,11,29H2,1-3H3. The maximum Gasteiger partial charge on any atom is 0.249 e. The Morgan fingerprint density at radius 3 is 2.55 bits per heavy atom. The van der Waals surface area contributed by atoms with Gasteiger partial charge in [0.25, 0.3) is 0 Å². The molecular formula is C26H22N6O. The summed E-state index contributed by atoms with van der Waals surface area (Å²) >= 11 is 0. The van der Waals surface area contributed by atoms with Gasteiger partial charge in [0.15, 0.2) is 5.41 Å².